The van der Waals surface area contributed by atoms with Crippen LogP contribution in [0.15, 0.2) is 41.1 Å². The zero-order valence-corrected chi connectivity index (χ0v) is 9.81. The highest BCUT2D eigenvalue weighted by molar-refractivity contribution is 9.10. The SMILES string of the molecule is NCCn1cc(-c2ccccc2Br)cn1. The fourth-order valence-corrected chi connectivity index (χ4v) is 1.97. The molecule has 15 heavy (non-hydrogen) atoms. The highest BCUT2D eigenvalue weighted by Gasteiger charge is 2.04. The lowest BCUT2D eigenvalue weighted by Gasteiger charge is -2.00. The molecule has 2 rings (SSSR count). The van der Waals surface area contributed by atoms with Gasteiger partial charge < -0.3 is 5.73 Å². The summed E-state index contributed by atoms with van der Waals surface area (Å²) >= 11 is 3.52. The molecular formula is C11H12BrN3. The number of halogens is 1. The molecule has 1 heterocycles. The molecule has 4 heteroatoms. The summed E-state index contributed by atoms with van der Waals surface area (Å²) in [7, 11) is 0. The Morgan fingerprint density at radius 3 is 2.87 bits per heavy atom. The van der Waals surface area contributed by atoms with Gasteiger partial charge >= 0.3 is 0 Å². The normalized spacial score (nSPS) is 10.5. The summed E-state index contributed by atoms with van der Waals surface area (Å²) in [6.45, 7) is 1.36. The molecule has 0 saturated heterocycles. The lowest BCUT2D eigenvalue weighted by Crippen LogP contribution is -2.09. The fourth-order valence-electron chi connectivity index (χ4n) is 1.45. The van der Waals surface area contributed by atoms with Crippen LogP contribution in [0.2, 0.25) is 0 Å². The third kappa shape index (κ3) is 2.27. The van der Waals surface area contributed by atoms with Crippen LogP contribution in [0.3, 0.4) is 0 Å². The van der Waals surface area contributed by atoms with Crippen molar-refractivity contribution in [2.45, 2.75) is 6.54 Å². The first-order chi connectivity index (χ1) is 7.31. The molecule has 2 aromatic rings. The molecule has 0 saturated carbocycles. The first kappa shape index (κ1) is 10.4. The van der Waals surface area contributed by atoms with Gasteiger partial charge in [0.2, 0.25) is 0 Å². The van der Waals surface area contributed by atoms with E-state index in [0.717, 1.165) is 22.1 Å². The summed E-state index contributed by atoms with van der Waals surface area (Å²) in [6.07, 6.45) is 3.86. The lowest BCUT2D eigenvalue weighted by molar-refractivity contribution is 0.625. The molecule has 1 aromatic carbocycles. The van der Waals surface area contributed by atoms with Gasteiger partial charge in [0.05, 0.1) is 12.7 Å². The number of rotatable bonds is 3. The largest absolute Gasteiger partial charge is 0.329 e. The summed E-state index contributed by atoms with van der Waals surface area (Å²) in [6, 6.07) is 8.10. The smallest absolute Gasteiger partial charge is 0.0568 e. The molecule has 0 amide bonds. The molecule has 0 fully saturated rings. The number of nitrogens with two attached hydrogens (primary N) is 1. The van der Waals surface area contributed by atoms with Gasteiger partial charge in [0.15, 0.2) is 0 Å². The maximum absolute atomic E-state index is 5.47. The summed E-state index contributed by atoms with van der Waals surface area (Å²) in [5, 5.41) is 4.24. The van der Waals surface area contributed by atoms with Crippen molar-refractivity contribution < 1.29 is 0 Å². The minimum atomic E-state index is 0.608. The van der Waals surface area contributed by atoms with Crippen molar-refractivity contribution in [3.05, 3.63) is 41.1 Å². The Labute approximate surface area is 97.0 Å². The molecule has 1 aromatic heterocycles. The average Bonchev–Trinajstić information content (AvgIpc) is 2.68. The molecular weight excluding hydrogens is 254 g/mol. The number of hydrogen-bond acceptors (Lipinski definition) is 2. The lowest BCUT2D eigenvalue weighted by atomic mass is 10.1. The van der Waals surface area contributed by atoms with E-state index in [1.807, 2.05) is 35.3 Å². The Bertz CT molecular complexity index is 451. The van der Waals surface area contributed by atoms with Crippen LogP contribution < -0.4 is 5.73 Å². The van der Waals surface area contributed by atoms with Crippen molar-refractivity contribution in [3.63, 3.8) is 0 Å². The van der Waals surface area contributed by atoms with Crippen molar-refractivity contribution in [2.75, 3.05) is 6.54 Å². The van der Waals surface area contributed by atoms with Crippen molar-refractivity contribution in [2.24, 2.45) is 5.73 Å². The second-order valence-electron chi connectivity index (χ2n) is 3.26. The molecule has 0 spiro atoms. The standard InChI is InChI=1S/C11H12BrN3/c12-11-4-2-1-3-10(11)9-7-14-15(8-9)6-5-13/h1-4,7-8H,5-6,13H2. The monoisotopic (exact) mass is 265 g/mol. The van der Waals surface area contributed by atoms with Crippen LogP contribution in [0.5, 0.6) is 0 Å². The van der Waals surface area contributed by atoms with E-state index in [0.29, 0.717) is 6.54 Å². The average molecular weight is 266 g/mol. The Balaban J connectivity index is 2.33. The van der Waals surface area contributed by atoms with Crippen LogP contribution in [0.25, 0.3) is 11.1 Å². The maximum atomic E-state index is 5.47. The van der Waals surface area contributed by atoms with Gasteiger partial charge in [-0.1, -0.05) is 34.1 Å². The number of aromatic nitrogens is 2. The van der Waals surface area contributed by atoms with Crippen LogP contribution in [-0.2, 0) is 6.54 Å². The number of nitrogens with zero attached hydrogens (tertiary/aromatic N) is 2. The summed E-state index contributed by atoms with van der Waals surface area (Å²) in [4.78, 5) is 0. The predicted molar refractivity (Wildman–Crippen MR) is 64.4 cm³/mol. The molecule has 0 aliphatic rings. The van der Waals surface area contributed by atoms with Crippen LogP contribution in [0, 0.1) is 0 Å². The van der Waals surface area contributed by atoms with Gasteiger partial charge in [-0.25, -0.2) is 0 Å². The summed E-state index contributed by atoms with van der Waals surface area (Å²) in [5.74, 6) is 0. The van der Waals surface area contributed by atoms with Crippen molar-refractivity contribution in [1.82, 2.24) is 9.78 Å². The highest BCUT2D eigenvalue weighted by Crippen LogP contribution is 2.27. The maximum Gasteiger partial charge on any atom is 0.0568 e. The second-order valence-corrected chi connectivity index (χ2v) is 4.11. The first-order valence-electron chi connectivity index (χ1n) is 4.78. The van der Waals surface area contributed by atoms with Crippen LogP contribution in [0.1, 0.15) is 0 Å². The van der Waals surface area contributed by atoms with E-state index < -0.39 is 0 Å². The molecule has 3 nitrogen and oxygen atoms in total. The molecule has 0 unspecified atom stereocenters. The van der Waals surface area contributed by atoms with E-state index in [4.69, 9.17) is 5.73 Å². The molecule has 2 N–H and O–H groups in total. The molecule has 0 atom stereocenters. The van der Waals surface area contributed by atoms with Crippen molar-refractivity contribution in [3.8, 4) is 11.1 Å². The van der Waals surface area contributed by atoms with Gasteiger partial charge in [-0.05, 0) is 11.6 Å². The second kappa shape index (κ2) is 4.59. The van der Waals surface area contributed by atoms with E-state index in [9.17, 15) is 0 Å². The Kier molecular flexibility index (Phi) is 3.18. The van der Waals surface area contributed by atoms with Crippen molar-refractivity contribution >= 4 is 15.9 Å². The quantitative estimate of drug-likeness (QED) is 0.926. The Hall–Kier alpha value is -1.13. The highest BCUT2D eigenvalue weighted by atomic mass is 79.9. The molecule has 0 aliphatic heterocycles. The zero-order valence-electron chi connectivity index (χ0n) is 8.23. The third-order valence-corrected chi connectivity index (χ3v) is 2.87. The molecule has 0 aliphatic carbocycles. The Morgan fingerprint density at radius 2 is 2.13 bits per heavy atom. The van der Waals surface area contributed by atoms with Crippen LogP contribution in [0.4, 0.5) is 0 Å². The minimum absolute atomic E-state index is 0.608. The number of benzene rings is 1. The predicted octanol–water partition coefficient (Wildman–Crippen LogP) is 2.27. The van der Waals surface area contributed by atoms with Crippen molar-refractivity contribution in [1.29, 1.82) is 0 Å². The molecule has 0 bridgehead atoms. The van der Waals surface area contributed by atoms with E-state index in [-0.39, 0.29) is 0 Å². The Morgan fingerprint density at radius 1 is 1.33 bits per heavy atom. The van der Waals surface area contributed by atoms with Gasteiger partial charge in [0.25, 0.3) is 0 Å². The van der Waals surface area contributed by atoms with E-state index in [1.54, 1.807) is 0 Å². The summed E-state index contributed by atoms with van der Waals surface area (Å²) in [5.41, 5.74) is 7.73. The van der Waals surface area contributed by atoms with Gasteiger partial charge in [-0.15, -0.1) is 0 Å². The van der Waals surface area contributed by atoms with E-state index in [1.165, 1.54) is 0 Å². The molecule has 0 radical (unpaired) electrons. The first-order valence-corrected chi connectivity index (χ1v) is 5.58. The van der Waals surface area contributed by atoms with E-state index in [2.05, 4.69) is 27.1 Å². The molecule has 78 valence electrons. The minimum Gasteiger partial charge on any atom is -0.329 e. The fraction of sp³-hybridized carbons (Fsp3) is 0.182. The third-order valence-electron chi connectivity index (χ3n) is 2.18. The van der Waals surface area contributed by atoms with Gasteiger partial charge in [-0.2, -0.15) is 5.10 Å². The van der Waals surface area contributed by atoms with E-state index >= 15 is 0 Å². The van der Waals surface area contributed by atoms with Gasteiger partial charge in [0, 0.05) is 22.8 Å². The summed E-state index contributed by atoms with van der Waals surface area (Å²) < 4.78 is 2.94. The van der Waals surface area contributed by atoms with Gasteiger partial charge in [0.1, 0.15) is 0 Å². The topological polar surface area (TPSA) is 43.8 Å². The van der Waals surface area contributed by atoms with Crippen LogP contribution >= 0.6 is 15.9 Å². The van der Waals surface area contributed by atoms with Crippen LogP contribution in [-0.4, -0.2) is 16.3 Å². The zero-order chi connectivity index (χ0) is 10.7. The number of hydrogen-bond donors (Lipinski definition) is 1. The van der Waals surface area contributed by atoms with Gasteiger partial charge in [-0.3, -0.25) is 4.68 Å².